The van der Waals surface area contributed by atoms with Gasteiger partial charge in [-0.15, -0.1) is 0 Å². The number of rotatable bonds is 7. The zero-order valence-electron chi connectivity index (χ0n) is 18.3. The third-order valence-electron chi connectivity index (χ3n) is 4.83. The first-order valence-electron chi connectivity index (χ1n) is 10.1. The molecule has 170 valence electrons. The number of pyridine rings is 1. The minimum atomic E-state index is -4.48. The van der Waals surface area contributed by atoms with E-state index in [9.17, 15) is 18.0 Å². The molecule has 0 radical (unpaired) electrons. The van der Waals surface area contributed by atoms with Gasteiger partial charge < -0.3 is 14.6 Å². The highest BCUT2D eigenvalue weighted by atomic mass is 19.4. The lowest BCUT2D eigenvalue weighted by Crippen LogP contribution is -2.47. The van der Waals surface area contributed by atoms with Crippen molar-refractivity contribution >= 4 is 5.91 Å². The number of aromatic nitrogens is 3. The molecule has 1 unspecified atom stereocenters. The monoisotopic (exact) mass is 440 g/mol. The smallest absolute Gasteiger partial charge is 0.422 e. The number of hydrogen-bond acceptors (Lipinski definition) is 6. The molecule has 31 heavy (non-hydrogen) atoms. The molecule has 0 saturated heterocycles. The minimum absolute atomic E-state index is 0.0351. The summed E-state index contributed by atoms with van der Waals surface area (Å²) in [5, 5.41) is 6.86. The van der Waals surface area contributed by atoms with Crippen LogP contribution in [0.1, 0.15) is 80.6 Å². The van der Waals surface area contributed by atoms with Crippen LogP contribution in [-0.4, -0.2) is 33.8 Å². The Morgan fingerprint density at radius 1 is 1.26 bits per heavy atom. The van der Waals surface area contributed by atoms with Crippen LogP contribution in [-0.2, 0) is 5.54 Å². The van der Waals surface area contributed by atoms with Crippen molar-refractivity contribution in [2.75, 3.05) is 6.61 Å². The van der Waals surface area contributed by atoms with Gasteiger partial charge in [-0.3, -0.25) is 9.78 Å². The molecule has 10 heteroatoms. The maximum absolute atomic E-state index is 13.0. The van der Waals surface area contributed by atoms with Crippen LogP contribution in [0.25, 0.3) is 0 Å². The van der Waals surface area contributed by atoms with E-state index in [1.54, 1.807) is 13.8 Å². The highest BCUT2D eigenvalue weighted by Gasteiger charge is 2.38. The largest absolute Gasteiger partial charge is 0.484 e. The van der Waals surface area contributed by atoms with Crippen molar-refractivity contribution < 1.29 is 27.2 Å². The maximum atomic E-state index is 13.0. The fraction of sp³-hybridized carbons (Fsp3) is 0.619. The zero-order valence-corrected chi connectivity index (χ0v) is 18.3. The molecule has 2 aromatic rings. The third-order valence-corrected chi connectivity index (χ3v) is 4.83. The molecule has 0 bridgehead atoms. The molecule has 1 N–H and O–H groups in total. The van der Waals surface area contributed by atoms with Gasteiger partial charge >= 0.3 is 6.18 Å². The Bertz CT molecular complexity index is 948. The SMILES string of the molecule is Cc1nc(C(C)(CC(C)(C)C)NC(=O)c2cc(OCC(F)(F)F)c(C3CC3)cn2)no1. The Balaban J connectivity index is 1.87. The Labute approximate surface area is 178 Å². The second-order valence-corrected chi connectivity index (χ2v) is 9.45. The standard InChI is InChI=1S/C21H27F3N4O3/c1-12-26-18(28-31-12)20(5,10-19(2,3)4)27-17(29)15-8-16(30-11-21(22,23)24)14(9-25-15)13-6-7-13/h8-9,13H,6-7,10-11H2,1-5H3,(H,27,29). The molecule has 0 aliphatic heterocycles. The summed E-state index contributed by atoms with van der Waals surface area (Å²) in [6.07, 6.45) is -0.846. The number of amides is 1. The summed E-state index contributed by atoms with van der Waals surface area (Å²) in [4.78, 5) is 21.5. The second kappa shape index (κ2) is 8.12. The van der Waals surface area contributed by atoms with E-state index in [2.05, 4.69) is 20.4 Å². The van der Waals surface area contributed by atoms with Gasteiger partial charge in [-0.1, -0.05) is 25.9 Å². The molecular weight excluding hydrogens is 413 g/mol. The first-order chi connectivity index (χ1) is 14.3. The molecular formula is C21H27F3N4O3. The van der Waals surface area contributed by atoms with Crippen LogP contribution in [0.4, 0.5) is 13.2 Å². The molecule has 1 amide bonds. The fourth-order valence-corrected chi connectivity index (χ4v) is 3.63. The van der Waals surface area contributed by atoms with Crippen LogP contribution in [0.15, 0.2) is 16.8 Å². The Morgan fingerprint density at radius 2 is 1.94 bits per heavy atom. The summed E-state index contributed by atoms with van der Waals surface area (Å²) in [6.45, 7) is 8.03. The molecule has 2 aromatic heterocycles. The van der Waals surface area contributed by atoms with Crippen LogP contribution >= 0.6 is 0 Å². The Hall–Kier alpha value is -2.65. The molecule has 1 atom stereocenters. The number of ether oxygens (including phenoxy) is 1. The number of nitrogens with one attached hydrogen (secondary N) is 1. The van der Waals surface area contributed by atoms with Gasteiger partial charge in [-0.25, -0.2) is 0 Å². The van der Waals surface area contributed by atoms with Crippen molar-refractivity contribution in [1.82, 2.24) is 20.4 Å². The van der Waals surface area contributed by atoms with E-state index in [0.717, 1.165) is 12.8 Å². The number of aryl methyl sites for hydroxylation is 1. The van der Waals surface area contributed by atoms with Crippen LogP contribution in [0.2, 0.25) is 0 Å². The molecule has 1 fully saturated rings. The lowest BCUT2D eigenvalue weighted by Gasteiger charge is -2.34. The van der Waals surface area contributed by atoms with Crippen molar-refractivity contribution in [2.45, 2.75) is 71.5 Å². The van der Waals surface area contributed by atoms with Gasteiger partial charge in [0.25, 0.3) is 5.91 Å². The number of alkyl halides is 3. The molecule has 3 rings (SSSR count). The van der Waals surface area contributed by atoms with Crippen molar-refractivity contribution in [3.63, 3.8) is 0 Å². The fourth-order valence-electron chi connectivity index (χ4n) is 3.63. The van der Waals surface area contributed by atoms with Crippen LogP contribution in [0.3, 0.4) is 0 Å². The summed E-state index contributed by atoms with van der Waals surface area (Å²) in [5.74, 6) is 0.262. The second-order valence-electron chi connectivity index (χ2n) is 9.45. The van der Waals surface area contributed by atoms with Crippen molar-refractivity contribution in [1.29, 1.82) is 0 Å². The van der Waals surface area contributed by atoms with Crippen LogP contribution in [0.5, 0.6) is 5.75 Å². The average molecular weight is 440 g/mol. The number of carbonyl (C=O) groups excluding carboxylic acids is 1. The summed E-state index contributed by atoms with van der Waals surface area (Å²) < 4.78 is 48.1. The van der Waals surface area contributed by atoms with Crippen LogP contribution in [0, 0.1) is 12.3 Å². The maximum Gasteiger partial charge on any atom is 0.422 e. The van der Waals surface area contributed by atoms with Gasteiger partial charge in [0.2, 0.25) is 5.89 Å². The molecule has 1 saturated carbocycles. The average Bonchev–Trinajstić information content (AvgIpc) is 3.37. The van der Waals surface area contributed by atoms with Gasteiger partial charge in [0.05, 0.1) is 0 Å². The Kier molecular flexibility index (Phi) is 6.03. The van der Waals surface area contributed by atoms with Crippen molar-refractivity contribution in [3.8, 4) is 5.75 Å². The van der Waals surface area contributed by atoms with Gasteiger partial charge in [0, 0.05) is 24.8 Å². The Morgan fingerprint density at radius 3 is 2.45 bits per heavy atom. The highest BCUT2D eigenvalue weighted by Crippen LogP contribution is 2.44. The zero-order chi connectivity index (χ0) is 23.0. The molecule has 2 heterocycles. The number of halogens is 3. The van der Waals surface area contributed by atoms with E-state index in [-0.39, 0.29) is 22.8 Å². The number of carbonyl (C=O) groups is 1. The van der Waals surface area contributed by atoms with Crippen molar-refractivity contribution in [3.05, 3.63) is 35.2 Å². The summed E-state index contributed by atoms with van der Waals surface area (Å²) in [7, 11) is 0. The quantitative estimate of drug-likeness (QED) is 0.673. The van der Waals surface area contributed by atoms with E-state index >= 15 is 0 Å². The van der Waals surface area contributed by atoms with Gasteiger partial charge in [0.15, 0.2) is 12.4 Å². The summed E-state index contributed by atoms with van der Waals surface area (Å²) in [5.41, 5.74) is -0.619. The van der Waals surface area contributed by atoms with Crippen molar-refractivity contribution in [2.24, 2.45) is 5.41 Å². The van der Waals surface area contributed by atoms with E-state index in [1.165, 1.54) is 12.3 Å². The highest BCUT2D eigenvalue weighted by molar-refractivity contribution is 5.93. The van der Waals surface area contributed by atoms with E-state index < -0.39 is 24.2 Å². The topological polar surface area (TPSA) is 90.1 Å². The van der Waals surface area contributed by atoms with Crippen LogP contribution < -0.4 is 10.1 Å². The lowest BCUT2D eigenvalue weighted by molar-refractivity contribution is -0.153. The molecule has 7 nitrogen and oxygen atoms in total. The first-order valence-corrected chi connectivity index (χ1v) is 10.1. The molecule has 1 aliphatic rings. The molecule has 0 aromatic carbocycles. The predicted octanol–water partition coefficient (Wildman–Crippen LogP) is 4.67. The van der Waals surface area contributed by atoms with Gasteiger partial charge in [-0.05, 0) is 37.5 Å². The molecule has 1 aliphatic carbocycles. The minimum Gasteiger partial charge on any atom is -0.484 e. The first kappa shape index (κ1) is 23.0. The van der Waals surface area contributed by atoms with E-state index in [1.807, 2.05) is 20.8 Å². The number of nitrogens with zero attached hydrogens (tertiary/aromatic N) is 3. The van der Waals surface area contributed by atoms with E-state index in [4.69, 9.17) is 9.26 Å². The lowest BCUT2D eigenvalue weighted by atomic mass is 9.80. The summed E-state index contributed by atoms with van der Waals surface area (Å²) >= 11 is 0. The van der Waals surface area contributed by atoms with Gasteiger partial charge in [-0.2, -0.15) is 18.2 Å². The molecule has 0 spiro atoms. The number of hydrogen-bond donors (Lipinski definition) is 1. The normalized spacial score (nSPS) is 16.6. The van der Waals surface area contributed by atoms with E-state index in [0.29, 0.717) is 23.7 Å². The summed E-state index contributed by atoms with van der Waals surface area (Å²) in [6, 6.07) is 1.27. The third kappa shape index (κ3) is 6.18. The predicted molar refractivity (Wildman–Crippen MR) is 106 cm³/mol. The van der Waals surface area contributed by atoms with Gasteiger partial charge in [0.1, 0.15) is 17.0 Å².